The van der Waals surface area contributed by atoms with Crippen LogP contribution in [0.2, 0.25) is 0 Å². The number of ketones is 1. The van der Waals surface area contributed by atoms with Crippen LogP contribution in [0.3, 0.4) is 0 Å². The number of esters is 2. The monoisotopic (exact) mass is 256 g/mol. The van der Waals surface area contributed by atoms with Crippen LogP contribution in [-0.2, 0) is 23.9 Å². The summed E-state index contributed by atoms with van der Waals surface area (Å²) < 4.78 is 9.33. The highest BCUT2D eigenvalue weighted by Crippen LogP contribution is 2.08. The second-order valence-electron chi connectivity index (χ2n) is 3.88. The van der Waals surface area contributed by atoms with Crippen LogP contribution >= 0.6 is 0 Å². The van der Waals surface area contributed by atoms with Crippen LogP contribution in [0.4, 0.5) is 0 Å². The lowest BCUT2D eigenvalue weighted by Crippen LogP contribution is -2.18. The van der Waals surface area contributed by atoms with Crippen LogP contribution in [0, 0.1) is 5.92 Å². The smallest absolute Gasteiger partial charge is 0.330 e. The molecule has 0 saturated heterocycles. The van der Waals surface area contributed by atoms with Crippen molar-refractivity contribution in [2.24, 2.45) is 5.92 Å². The third kappa shape index (κ3) is 8.50. The fourth-order valence-electron chi connectivity index (χ4n) is 1.19. The Labute approximate surface area is 107 Å². The van der Waals surface area contributed by atoms with Gasteiger partial charge in [-0.25, -0.2) is 4.79 Å². The molecule has 1 atom stereocenters. The summed E-state index contributed by atoms with van der Waals surface area (Å²) >= 11 is 0. The molecule has 102 valence electrons. The Morgan fingerprint density at radius 3 is 2.44 bits per heavy atom. The van der Waals surface area contributed by atoms with E-state index in [9.17, 15) is 14.4 Å². The molecule has 0 fully saturated rings. The Morgan fingerprint density at radius 1 is 1.22 bits per heavy atom. The fourth-order valence-corrected chi connectivity index (χ4v) is 1.19. The third-order valence-corrected chi connectivity index (χ3v) is 2.27. The van der Waals surface area contributed by atoms with Crippen molar-refractivity contribution in [1.82, 2.24) is 0 Å². The van der Waals surface area contributed by atoms with Crippen molar-refractivity contribution in [1.29, 1.82) is 0 Å². The highest BCUT2D eigenvalue weighted by atomic mass is 16.5. The number of allylic oxidation sites excluding steroid dienone is 1. The van der Waals surface area contributed by atoms with Crippen LogP contribution < -0.4 is 0 Å². The molecule has 0 aromatic rings. The minimum atomic E-state index is -0.460. The first-order valence-electron chi connectivity index (χ1n) is 5.96. The molecule has 0 aliphatic heterocycles. The lowest BCUT2D eigenvalue weighted by Gasteiger charge is -2.08. The predicted molar refractivity (Wildman–Crippen MR) is 65.8 cm³/mol. The van der Waals surface area contributed by atoms with E-state index in [4.69, 9.17) is 4.74 Å². The Hall–Kier alpha value is -1.65. The largest absolute Gasteiger partial charge is 0.463 e. The average molecular weight is 256 g/mol. The Kier molecular flexibility index (Phi) is 8.53. The molecule has 0 aliphatic carbocycles. The molecule has 0 bridgehead atoms. The summed E-state index contributed by atoms with van der Waals surface area (Å²) in [5, 5.41) is 0. The first-order chi connectivity index (χ1) is 8.47. The highest BCUT2D eigenvalue weighted by molar-refractivity contribution is 5.84. The minimum absolute atomic E-state index is 0.116. The van der Waals surface area contributed by atoms with E-state index >= 15 is 0 Å². The molecule has 5 nitrogen and oxygen atoms in total. The van der Waals surface area contributed by atoms with Gasteiger partial charge in [-0.1, -0.05) is 13.0 Å². The standard InChI is InChI=1S/C13H20O5/c1-4-17-13(16)8-6-5-7-10(2)12(15)9-18-11(3)14/h6,8,10H,4-5,7,9H2,1-3H3/b8-6+. The Bertz CT molecular complexity index is 319. The molecule has 18 heavy (non-hydrogen) atoms. The zero-order chi connectivity index (χ0) is 14.0. The maximum atomic E-state index is 11.5. The van der Waals surface area contributed by atoms with E-state index in [-0.39, 0.29) is 24.3 Å². The number of ether oxygens (including phenoxy) is 2. The maximum Gasteiger partial charge on any atom is 0.330 e. The molecule has 0 radical (unpaired) electrons. The topological polar surface area (TPSA) is 69.7 Å². The summed E-state index contributed by atoms with van der Waals surface area (Å²) in [4.78, 5) is 33.0. The molecule has 1 unspecified atom stereocenters. The molecule has 0 heterocycles. The molecule has 0 aromatic carbocycles. The van der Waals surface area contributed by atoms with Gasteiger partial charge in [-0.3, -0.25) is 9.59 Å². The van der Waals surface area contributed by atoms with Gasteiger partial charge in [0.1, 0.15) is 6.61 Å². The van der Waals surface area contributed by atoms with E-state index in [1.54, 1.807) is 19.9 Å². The summed E-state index contributed by atoms with van der Waals surface area (Å²) in [5.74, 6) is -1.15. The van der Waals surface area contributed by atoms with Gasteiger partial charge in [0.2, 0.25) is 0 Å². The van der Waals surface area contributed by atoms with Crippen molar-refractivity contribution in [2.45, 2.75) is 33.6 Å². The lowest BCUT2D eigenvalue weighted by atomic mass is 10.0. The van der Waals surface area contributed by atoms with Gasteiger partial charge in [-0.15, -0.1) is 0 Å². The summed E-state index contributed by atoms with van der Waals surface area (Å²) in [5.41, 5.74) is 0. The van der Waals surface area contributed by atoms with Gasteiger partial charge in [0.05, 0.1) is 6.61 Å². The van der Waals surface area contributed by atoms with Crippen LogP contribution in [0.5, 0.6) is 0 Å². The Morgan fingerprint density at radius 2 is 1.89 bits per heavy atom. The molecule has 0 amide bonds. The van der Waals surface area contributed by atoms with E-state index in [2.05, 4.69) is 4.74 Å². The SMILES string of the molecule is CCOC(=O)/C=C/CCC(C)C(=O)COC(C)=O. The van der Waals surface area contributed by atoms with Gasteiger partial charge in [-0.2, -0.15) is 0 Å². The summed E-state index contributed by atoms with van der Waals surface area (Å²) in [6.45, 7) is 4.93. The molecule has 0 aliphatic rings. The van der Waals surface area contributed by atoms with E-state index in [0.717, 1.165) is 0 Å². The van der Waals surface area contributed by atoms with Crippen molar-refractivity contribution >= 4 is 17.7 Å². The fraction of sp³-hybridized carbons (Fsp3) is 0.615. The zero-order valence-corrected chi connectivity index (χ0v) is 11.1. The van der Waals surface area contributed by atoms with E-state index < -0.39 is 5.97 Å². The van der Waals surface area contributed by atoms with Crippen LogP contribution in [0.25, 0.3) is 0 Å². The quantitative estimate of drug-likeness (QED) is 0.488. The van der Waals surface area contributed by atoms with Gasteiger partial charge >= 0.3 is 11.9 Å². The summed E-state index contributed by atoms with van der Waals surface area (Å²) in [6, 6.07) is 0. The van der Waals surface area contributed by atoms with Gasteiger partial charge < -0.3 is 9.47 Å². The number of carbonyl (C=O) groups excluding carboxylic acids is 3. The molecular formula is C13H20O5. The predicted octanol–water partition coefficient (Wildman–Crippen LogP) is 1.65. The van der Waals surface area contributed by atoms with E-state index in [0.29, 0.717) is 19.4 Å². The molecule has 0 spiro atoms. The third-order valence-electron chi connectivity index (χ3n) is 2.27. The maximum absolute atomic E-state index is 11.5. The number of hydrogen-bond acceptors (Lipinski definition) is 5. The van der Waals surface area contributed by atoms with Crippen LogP contribution in [-0.4, -0.2) is 30.9 Å². The summed E-state index contributed by atoms with van der Waals surface area (Å²) in [6.07, 6.45) is 4.24. The van der Waals surface area contributed by atoms with Crippen molar-refractivity contribution in [3.8, 4) is 0 Å². The molecule has 0 N–H and O–H groups in total. The van der Waals surface area contributed by atoms with Crippen molar-refractivity contribution < 1.29 is 23.9 Å². The van der Waals surface area contributed by atoms with Gasteiger partial charge in [0, 0.05) is 18.9 Å². The zero-order valence-electron chi connectivity index (χ0n) is 11.1. The van der Waals surface area contributed by atoms with Gasteiger partial charge in [0.25, 0.3) is 0 Å². The van der Waals surface area contributed by atoms with Crippen LogP contribution in [0.15, 0.2) is 12.2 Å². The first-order valence-corrected chi connectivity index (χ1v) is 5.96. The first kappa shape index (κ1) is 16.4. The average Bonchev–Trinajstić information content (AvgIpc) is 2.31. The molecular weight excluding hydrogens is 236 g/mol. The summed E-state index contributed by atoms with van der Waals surface area (Å²) in [7, 11) is 0. The van der Waals surface area contributed by atoms with Gasteiger partial charge in [0.15, 0.2) is 5.78 Å². The molecule has 5 heteroatoms. The molecule has 0 aromatic heterocycles. The van der Waals surface area contributed by atoms with Gasteiger partial charge in [-0.05, 0) is 19.8 Å². The van der Waals surface area contributed by atoms with Crippen molar-refractivity contribution in [2.75, 3.05) is 13.2 Å². The second-order valence-corrected chi connectivity index (χ2v) is 3.88. The molecule has 0 saturated carbocycles. The van der Waals surface area contributed by atoms with Crippen LogP contribution in [0.1, 0.15) is 33.6 Å². The van der Waals surface area contributed by atoms with E-state index in [1.807, 2.05) is 0 Å². The number of hydrogen-bond donors (Lipinski definition) is 0. The number of Topliss-reactive ketones (excluding diaryl/α,β-unsaturated/α-hetero) is 1. The van der Waals surface area contributed by atoms with Crippen molar-refractivity contribution in [3.05, 3.63) is 12.2 Å². The lowest BCUT2D eigenvalue weighted by molar-refractivity contribution is -0.146. The highest BCUT2D eigenvalue weighted by Gasteiger charge is 2.13. The Balaban J connectivity index is 3.82. The second kappa shape index (κ2) is 9.39. The molecule has 0 rings (SSSR count). The number of carbonyl (C=O) groups is 3. The number of rotatable bonds is 8. The van der Waals surface area contributed by atoms with E-state index in [1.165, 1.54) is 13.0 Å². The van der Waals surface area contributed by atoms with Crippen molar-refractivity contribution in [3.63, 3.8) is 0 Å². The minimum Gasteiger partial charge on any atom is -0.463 e. The normalized spacial score (nSPS) is 12.2.